The lowest BCUT2D eigenvalue weighted by atomic mass is 9.90. The molecule has 1 atom stereocenters. The van der Waals surface area contributed by atoms with E-state index in [1.165, 1.54) is 4.90 Å². The molecule has 2 N–H and O–H groups in total. The quantitative estimate of drug-likeness (QED) is 0.896. The van der Waals surface area contributed by atoms with Crippen LogP contribution in [0.2, 0.25) is 0 Å². The van der Waals surface area contributed by atoms with E-state index >= 15 is 0 Å². The zero-order valence-electron chi connectivity index (χ0n) is 13.1. The molecule has 1 aliphatic heterocycles. The van der Waals surface area contributed by atoms with Crippen molar-refractivity contribution < 1.29 is 19.1 Å². The van der Waals surface area contributed by atoms with E-state index in [-0.39, 0.29) is 24.9 Å². The number of nitrogens with one attached hydrogen (secondary N) is 1. The number of hydrogen-bond donors (Lipinski definition) is 2. The van der Waals surface area contributed by atoms with E-state index in [1.54, 1.807) is 19.1 Å². The highest BCUT2D eigenvalue weighted by Crippen LogP contribution is 2.40. The minimum atomic E-state index is -0.894. The molecule has 1 aliphatic carbocycles. The third-order valence-electron chi connectivity index (χ3n) is 4.83. The standard InChI is InChI=1S/C17H21FN2O3/c1-17(15(21)22)6-7-20(10-17)16(23)19-9-13-5-4-12(8-14(13)18)11-2-3-11/h4-5,8,11H,2-3,6-7,9-10H2,1H3,(H,19,23)(H,21,22). The van der Waals surface area contributed by atoms with Crippen LogP contribution in [0.4, 0.5) is 9.18 Å². The Labute approximate surface area is 134 Å². The first-order valence-corrected chi connectivity index (χ1v) is 7.93. The summed E-state index contributed by atoms with van der Waals surface area (Å²) < 4.78 is 14.1. The molecule has 1 saturated carbocycles. The lowest BCUT2D eigenvalue weighted by molar-refractivity contribution is -0.147. The van der Waals surface area contributed by atoms with Gasteiger partial charge in [-0.05, 0) is 43.7 Å². The molecule has 5 nitrogen and oxygen atoms in total. The van der Waals surface area contributed by atoms with Gasteiger partial charge in [0.15, 0.2) is 0 Å². The minimum absolute atomic E-state index is 0.107. The first kappa shape index (κ1) is 15.8. The Morgan fingerprint density at radius 1 is 1.43 bits per heavy atom. The summed E-state index contributed by atoms with van der Waals surface area (Å²) in [6.07, 6.45) is 2.67. The smallest absolute Gasteiger partial charge is 0.317 e. The Morgan fingerprint density at radius 2 is 2.17 bits per heavy atom. The highest BCUT2D eigenvalue weighted by atomic mass is 19.1. The molecule has 1 unspecified atom stereocenters. The predicted molar refractivity (Wildman–Crippen MR) is 82.5 cm³/mol. The summed E-state index contributed by atoms with van der Waals surface area (Å²) in [6.45, 7) is 2.32. The van der Waals surface area contributed by atoms with Crippen LogP contribution in [-0.2, 0) is 11.3 Å². The highest BCUT2D eigenvalue weighted by Gasteiger charge is 2.42. The van der Waals surface area contributed by atoms with Crippen molar-refractivity contribution in [2.24, 2.45) is 5.41 Å². The van der Waals surface area contributed by atoms with Gasteiger partial charge in [-0.15, -0.1) is 0 Å². The molecule has 2 fully saturated rings. The molecule has 0 radical (unpaired) electrons. The van der Waals surface area contributed by atoms with E-state index in [0.717, 1.165) is 18.4 Å². The predicted octanol–water partition coefficient (Wildman–Crippen LogP) is 2.71. The second-order valence-electron chi connectivity index (χ2n) is 6.82. The van der Waals surface area contributed by atoms with Gasteiger partial charge >= 0.3 is 12.0 Å². The van der Waals surface area contributed by atoms with Gasteiger partial charge in [0.05, 0.1) is 5.41 Å². The fourth-order valence-electron chi connectivity index (χ4n) is 2.97. The molecule has 6 heteroatoms. The number of benzene rings is 1. The normalized spacial score (nSPS) is 23.8. The number of carboxylic acids is 1. The number of carboxylic acid groups (broad SMARTS) is 1. The van der Waals surface area contributed by atoms with E-state index in [2.05, 4.69) is 5.32 Å². The Morgan fingerprint density at radius 3 is 2.74 bits per heavy atom. The van der Waals surface area contributed by atoms with Crippen molar-refractivity contribution in [3.8, 4) is 0 Å². The molecule has 3 rings (SSSR count). The number of halogens is 1. The third kappa shape index (κ3) is 3.30. The summed E-state index contributed by atoms with van der Waals surface area (Å²) in [6, 6.07) is 4.84. The largest absolute Gasteiger partial charge is 0.481 e. The van der Waals surface area contributed by atoms with Crippen LogP contribution in [0.15, 0.2) is 18.2 Å². The van der Waals surface area contributed by atoms with Crippen molar-refractivity contribution in [3.05, 3.63) is 35.1 Å². The topological polar surface area (TPSA) is 69.6 Å². The van der Waals surface area contributed by atoms with E-state index in [9.17, 15) is 19.1 Å². The monoisotopic (exact) mass is 320 g/mol. The van der Waals surface area contributed by atoms with Gasteiger partial charge in [0.25, 0.3) is 0 Å². The number of hydrogen-bond acceptors (Lipinski definition) is 2. The van der Waals surface area contributed by atoms with Crippen molar-refractivity contribution in [2.45, 2.75) is 38.6 Å². The fraction of sp³-hybridized carbons (Fsp3) is 0.529. The second kappa shape index (κ2) is 5.83. The van der Waals surface area contributed by atoms with Crippen LogP contribution in [0.5, 0.6) is 0 Å². The summed E-state index contributed by atoms with van der Waals surface area (Å²) in [7, 11) is 0. The van der Waals surface area contributed by atoms with Gasteiger partial charge < -0.3 is 15.3 Å². The van der Waals surface area contributed by atoms with Crippen LogP contribution in [0.3, 0.4) is 0 Å². The van der Waals surface area contributed by atoms with Crippen molar-refractivity contribution >= 4 is 12.0 Å². The Hall–Kier alpha value is -2.11. The van der Waals surface area contributed by atoms with Gasteiger partial charge in [-0.2, -0.15) is 0 Å². The highest BCUT2D eigenvalue weighted by molar-refractivity contribution is 5.79. The van der Waals surface area contributed by atoms with E-state index < -0.39 is 11.4 Å². The molecule has 0 aromatic heterocycles. The molecule has 1 aromatic carbocycles. The van der Waals surface area contributed by atoms with Crippen LogP contribution < -0.4 is 5.32 Å². The maximum absolute atomic E-state index is 14.1. The Balaban J connectivity index is 1.56. The van der Waals surface area contributed by atoms with E-state index in [4.69, 9.17) is 0 Å². The maximum atomic E-state index is 14.1. The number of carbonyl (C=O) groups excluding carboxylic acids is 1. The minimum Gasteiger partial charge on any atom is -0.481 e. The summed E-state index contributed by atoms with van der Waals surface area (Å²) in [5, 5.41) is 11.9. The number of aliphatic carboxylic acids is 1. The molecule has 1 heterocycles. The van der Waals surface area contributed by atoms with Gasteiger partial charge in [-0.25, -0.2) is 9.18 Å². The number of carbonyl (C=O) groups is 2. The first-order valence-electron chi connectivity index (χ1n) is 7.93. The molecule has 1 saturated heterocycles. The van der Waals surface area contributed by atoms with Crippen molar-refractivity contribution in [1.82, 2.24) is 10.2 Å². The van der Waals surface area contributed by atoms with Gasteiger partial charge in [-0.1, -0.05) is 12.1 Å². The maximum Gasteiger partial charge on any atom is 0.317 e. The molecule has 1 aromatic rings. The third-order valence-corrected chi connectivity index (χ3v) is 4.83. The van der Waals surface area contributed by atoms with E-state index in [1.807, 2.05) is 6.07 Å². The average molecular weight is 320 g/mol. The summed E-state index contributed by atoms with van der Waals surface area (Å²) in [4.78, 5) is 24.8. The Bertz CT molecular complexity index is 645. The SMILES string of the molecule is CC1(C(=O)O)CCN(C(=O)NCc2ccc(C3CC3)cc2F)C1. The number of nitrogens with zero attached hydrogens (tertiary/aromatic N) is 1. The molecule has 2 amide bonds. The molecular weight excluding hydrogens is 299 g/mol. The summed E-state index contributed by atoms with van der Waals surface area (Å²) >= 11 is 0. The van der Waals surface area contributed by atoms with Gasteiger partial charge in [0.1, 0.15) is 5.82 Å². The molecule has 0 spiro atoms. The summed E-state index contributed by atoms with van der Waals surface area (Å²) in [5.74, 6) is -0.701. The average Bonchev–Trinajstić information content (AvgIpc) is 3.28. The van der Waals surface area contributed by atoms with Crippen LogP contribution in [0, 0.1) is 11.2 Å². The van der Waals surface area contributed by atoms with Crippen LogP contribution in [0.1, 0.15) is 43.2 Å². The fourth-order valence-corrected chi connectivity index (χ4v) is 2.97. The van der Waals surface area contributed by atoms with Gasteiger partial charge in [0, 0.05) is 25.2 Å². The van der Waals surface area contributed by atoms with E-state index in [0.29, 0.717) is 24.4 Å². The number of rotatable bonds is 4. The molecule has 23 heavy (non-hydrogen) atoms. The zero-order chi connectivity index (χ0) is 16.6. The lowest BCUT2D eigenvalue weighted by Crippen LogP contribution is -2.40. The van der Waals surface area contributed by atoms with Crippen molar-refractivity contribution in [3.63, 3.8) is 0 Å². The summed E-state index contributed by atoms with van der Waals surface area (Å²) in [5.41, 5.74) is 0.575. The molecule has 0 bridgehead atoms. The molecular formula is C17H21FN2O3. The Kier molecular flexibility index (Phi) is 4.00. The zero-order valence-corrected chi connectivity index (χ0v) is 13.1. The number of likely N-dealkylation sites (tertiary alicyclic amines) is 1. The second-order valence-corrected chi connectivity index (χ2v) is 6.82. The van der Waals surface area contributed by atoms with Crippen LogP contribution >= 0.6 is 0 Å². The first-order chi connectivity index (χ1) is 10.9. The van der Waals surface area contributed by atoms with Crippen molar-refractivity contribution in [1.29, 1.82) is 0 Å². The van der Waals surface area contributed by atoms with Crippen LogP contribution in [0.25, 0.3) is 0 Å². The van der Waals surface area contributed by atoms with Gasteiger partial charge in [-0.3, -0.25) is 4.79 Å². The molecule has 124 valence electrons. The lowest BCUT2D eigenvalue weighted by Gasteiger charge is -2.20. The molecule has 2 aliphatic rings. The number of amides is 2. The van der Waals surface area contributed by atoms with Crippen molar-refractivity contribution in [2.75, 3.05) is 13.1 Å². The van der Waals surface area contributed by atoms with Crippen LogP contribution in [-0.4, -0.2) is 35.1 Å². The van der Waals surface area contributed by atoms with Gasteiger partial charge in [0.2, 0.25) is 0 Å². The number of urea groups is 1.